The van der Waals surface area contributed by atoms with Gasteiger partial charge in [-0.15, -0.1) is 11.3 Å². The quantitative estimate of drug-likeness (QED) is 0.805. The van der Waals surface area contributed by atoms with Gasteiger partial charge in [-0.1, -0.05) is 0 Å². The third-order valence-electron chi connectivity index (χ3n) is 1.77. The number of nitrogens with one attached hydrogen (secondary N) is 1. The van der Waals surface area contributed by atoms with Crippen LogP contribution in [0.4, 0.5) is 5.13 Å². The lowest BCUT2D eigenvalue weighted by molar-refractivity contribution is 0.837. The van der Waals surface area contributed by atoms with Crippen molar-refractivity contribution in [2.45, 2.75) is 6.54 Å². The Hall–Kier alpha value is -1.36. The number of aromatic nitrogens is 3. The SMILES string of the molecule is Cn1cncc1CNc1nccs1. The van der Waals surface area contributed by atoms with E-state index in [2.05, 4.69) is 15.3 Å². The molecule has 4 nitrogen and oxygen atoms in total. The average Bonchev–Trinajstić information content (AvgIpc) is 2.72. The minimum atomic E-state index is 0.768. The minimum Gasteiger partial charge on any atom is -0.356 e. The Labute approximate surface area is 80.3 Å². The summed E-state index contributed by atoms with van der Waals surface area (Å²) in [5.41, 5.74) is 1.15. The number of aryl methyl sites for hydroxylation is 1. The Bertz CT molecular complexity index is 365. The molecule has 68 valence electrons. The van der Waals surface area contributed by atoms with Crippen LogP contribution in [0.2, 0.25) is 0 Å². The highest BCUT2D eigenvalue weighted by atomic mass is 32.1. The molecule has 1 N–H and O–H groups in total. The van der Waals surface area contributed by atoms with Crippen LogP contribution in [0.1, 0.15) is 5.69 Å². The van der Waals surface area contributed by atoms with Crippen molar-refractivity contribution < 1.29 is 0 Å². The molecule has 2 heterocycles. The van der Waals surface area contributed by atoms with Crippen LogP contribution in [0.3, 0.4) is 0 Å². The van der Waals surface area contributed by atoms with Crippen molar-refractivity contribution in [2.75, 3.05) is 5.32 Å². The molecule has 2 aromatic rings. The second-order valence-corrected chi connectivity index (χ2v) is 3.58. The summed E-state index contributed by atoms with van der Waals surface area (Å²) in [4.78, 5) is 8.15. The summed E-state index contributed by atoms with van der Waals surface area (Å²) in [6.45, 7) is 0.768. The van der Waals surface area contributed by atoms with Gasteiger partial charge in [-0.25, -0.2) is 9.97 Å². The summed E-state index contributed by atoms with van der Waals surface area (Å²) in [6.07, 6.45) is 5.43. The van der Waals surface area contributed by atoms with Gasteiger partial charge in [0.15, 0.2) is 5.13 Å². The van der Waals surface area contributed by atoms with E-state index in [0.717, 1.165) is 17.4 Å². The Morgan fingerprint density at radius 1 is 1.62 bits per heavy atom. The summed E-state index contributed by atoms with van der Waals surface area (Å²) in [5, 5.41) is 6.11. The molecular formula is C8H10N4S. The van der Waals surface area contributed by atoms with E-state index in [9.17, 15) is 0 Å². The maximum absolute atomic E-state index is 4.12. The van der Waals surface area contributed by atoms with E-state index < -0.39 is 0 Å². The lowest BCUT2D eigenvalue weighted by Gasteiger charge is -2.02. The van der Waals surface area contributed by atoms with Crippen LogP contribution in [0.25, 0.3) is 0 Å². The topological polar surface area (TPSA) is 42.7 Å². The molecule has 0 bridgehead atoms. The van der Waals surface area contributed by atoms with Crippen LogP contribution in [-0.2, 0) is 13.6 Å². The molecule has 13 heavy (non-hydrogen) atoms. The summed E-state index contributed by atoms with van der Waals surface area (Å²) in [5.74, 6) is 0. The van der Waals surface area contributed by atoms with Gasteiger partial charge < -0.3 is 9.88 Å². The smallest absolute Gasteiger partial charge is 0.182 e. The Balaban J connectivity index is 1.97. The Kier molecular flexibility index (Phi) is 2.27. The summed E-state index contributed by atoms with van der Waals surface area (Å²) < 4.78 is 1.99. The number of hydrogen-bond acceptors (Lipinski definition) is 4. The van der Waals surface area contributed by atoms with E-state index in [4.69, 9.17) is 0 Å². The number of nitrogens with zero attached hydrogens (tertiary/aromatic N) is 3. The summed E-state index contributed by atoms with van der Waals surface area (Å²) in [7, 11) is 1.98. The van der Waals surface area contributed by atoms with Crippen LogP contribution in [0.5, 0.6) is 0 Å². The van der Waals surface area contributed by atoms with Crippen LogP contribution >= 0.6 is 11.3 Å². The van der Waals surface area contributed by atoms with E-state index in [-0.39, 0.29) is 0 Å². The average molecular weight is 194 g/mol. The van der Waals surface area contributed by atoms with E-state index in [1.165, 1.54) is 0 Å². The van der Waals surface area contributed by atoms with Gasteiger partial charge in [0, 0.05) is 24.8 Å². The minimum absolute atomic E-state index is 0.768. The molecule has 5 heteroatoms. The van der Waals surface area contributed by atoms with Crippen molar-refractivity contribution in [1.82, 2.24) is 14.5 Å². The van der Waals surface area contributed by atoms with Crippen molar-refractivity contribution in [3.63, 3.8) is 0 Å². The Morgan fingerprint density at radius 2 is 2.54 bits per heavy atom. The highest BCUT2D eigenvalue weighted by Crippen LogP contribution is 2.11. The van der Waals surface area contributed by atoms with Gasteiger partial charge in [-0.2, -0.15) is 0 Å². The molecule has 0 aromatic carbocycles. The Morgan fingerprint density at radius 3 is 3.15 bits per heavy atom. The maximum atomic E-state index is 4.12. The molecule has 0 aliphatic rings. The molecule has 0 aliphatic carbocycles. The van der Waals surface area contributed by atoms with Gasteiger partial charge in [0.2, 0.25) is 0 Å². The third kappa shape index (κ3) is 1.86. The molecule has 0 aliphatic heterocycles. The molecule has 0 saturated heterocycles. The first kappa shape index (κ1) is 8.25. The first-order chi connectivity index (χ1) is 6.36. The first-order valence-corrected chi connectivity index (χ1v) is 4.83. The predicted molar refractivity (Wildman–Crippen MR) is 52.6 cm³/mol. The molecular weight excluding hydrogens is 184 g/mol. The zero-order valence-electron chi connectivity index (χ0n) is 7.27. The number of hydrogen-bond donors (Lipinski definition) is 1. The number of rotatable bonds is 3. The van der Waals surface area contributed by atoms with Gasteiger partial charge in [0.05, 0.1) is 18.6 Å². The maximum Gasteiger partial charge on any atom is 0.182 e. The highest BCUT2D eigenvalue weighted by molar-refractivity contribution is 7.13. The monoisotopic (exact) mass is 194 g/mol. The zero-order valence-corrected chi connectivity index (χ0v) is 8.08. The molecule has 0 radical (unpaired) electrons. The number of thiazole rings is 1. The molecule has 2 rings (SSSR count). The highest BCUT2D eigenvalue weighted by Gasteiger charge is 1.98. The van der Waals surface area contributed by atoms with Gasteiger partial charge >= 0.3 is 0 Å². The second-order valence-electron chi connectivity index (χ2n) is 2.69. The van der Waals surface area contributed by atoms with Crippen molar-refractivity contribution in [3.05, 3.63) is 29.8 Å². The van der Waals surface area contributed by atoms with E-state index in [1.807, 2.05) is 23.2 Å². The number of anilines is 1. The van der Waals surface area contributed by atoms with Gasteiger partial charge in [-0.05, 0) is 0 Å². The summed E-state index contributed by atoms with van der Waals surface area (Å²) in [6, 6.07) is 0. The molecule has 0 fully saturated rings. The third-order valence-corrected chi connectivity index (χ3v) is 2.50. The van der Waals surface area contributed by atoms with E-state index in [1.54, 1.807) is 23.9 Å². The normalized spacial score (nSPS) is 10.2. The zero-order chi connectivity index (χ0) is 9.10. The molecule has 0 unspecified atom stereocenters. The first-order valence-electron chi connectivity index (χ1n) is 3.95. The van der Waals surface area contributed by atoms with Gasteiger partial charge in [0.25, 0.3) is 0 Å². The van der Waals surface area contributed by atoms with E-state index >= 15 is 0 Å². The van der Waals surface area contributed by atoms with Crippen molar-refractivity contribution in [1.29, 1.82) is 0 Å². The molecule has 2 aromatic heterocycles. The van der Waals surface area contributed by atoms with Gasteiger partial charge in [0.1, 0.15) is 0 Å². The van der Waals surface area contributed by atoms with Gasteiger partial charge in [-0.3, -0.25) is 0 Å². The lowest BCUT2D eigenvalue weighted by atomic mass is 10.5. The lowest BCUT2D eigenvalue weighted by Crippen LogP contribution is -2.03. The molecule has 0 saturated carbocycles. The molecule has 0 spiro atoms. The predicted octanol–water partition coefficient (Wildman–Crippen LogP) is 1.49. The standard InChI is InChI=1S/C8H10N4S/c1-12-6-9-4-7(12)5-11-8-10-2-3-13-8/h2-4,6H,5H2,1H3,(H,10,11). The van der Waals surface area contributed by atoms with Crippen LogP contribution < -0.4 is 5.32 Å². The van der Waals surface area contributed by atoms with Crippen molar-refractivity contribution in [2.24, 2.45) is 7.05 Å². The van der Waals surface area contributed by atoms with E-state index in [0.29, 0.717) is 0 Å². The fourth-order valence-corrected chi connectivity index (χ4v) is 1.56. The molecule has 0 amide bonds. The largest absolute Gasteiger partial charge is 0.356 e. The van der Waals surface area contributed by atoms with Crippen molar-refractivity contribution >= 4 is 16.5 Å². The second kappa shape index (κ2) is 3.57. The fourth-order valence-electron chi connectivity index (χ4n) is 1.03. The van der Waals surface area contributed by atoms with Crippen LogP contribution in [0.15, 0.2) is 24.1 Å². The molecule has 0 atom stereocenters. The fraction of sp³-hybridized carbons (Fsp3) is 0.250. The van der Waals surface area contributed by atoms with Crippen LogP contribution in [0, 0.1) is 0 Å². The summed E-state index contributed by atoms with van der Waals surface area (Å²) >= 11 is 1.60. The van der Waals surface area contributed by atoms with Crippen molar-refractivity contribution in [3.8, 4) is 0 Å². The van der Waals surface area contributed by atoms with Crippen LogP contribution in [-0.4, -0.2) is 14.5 Å². The number of imidazole rings is 1.